The Labute approximate surface area is 145 Å². The van der Waals surface area contributed by atoms with E-state index in [1.165, 1.54) is 0 Å². The largest absolute Gasteiger partial charge is 0.341 e. The van der Waals surface area contributed by atoms with Crippen molar-refractivity contribution in [1.82, 2.24) is 0 Å². The smallest absolute Gasteiger partial charge is 0.333 e. The molecule has 1 aliphatic heterocycles. The highest BCUT2D eigenvalue weighted by Gasteiger charge is 2.50. The summed E-state index contributed by atoms with van der Waals surface area (Å²) in [5.41, 5.74) is 0.683. The van der Waals surface area contributed by atoms with Gasteiger partial charge < -0.3 is 9.47 Å². The first-order valence-electron chi connectivity index (χ1n) is 7.26. The second kappa shape index (κ2) is 6.48. The maximum Gasteiger partial charge on any atom is 0.333 e. The fraction of sp³-hybridized carbons (Fsp3) is 0.571. The van der Waals surface area contributed by atoms with Gasteiger partial charge in [0.1, 0.15) is 12.2 Å². The van der Waals surface area contributed by atoms with Crippen LogP contribution < -0.4 is 5.14 Å². The monoisotopic (exact) mass is 381 g/mol. The van der Waals surface area contributed by atoms with Gasteiger partial charge in [0.05, 0.1) is 6.61 Å². The van der Waals surface area contributed by atoms with Gasteiger partial charge in [0.2, 0.25) is 0 Å². The normalized spacial score (nSPS) is 26.9. The van der Waals surface area contributed by atoms with Crippen LogP contribution in [0.4, 0.5) is 0 Å². The van der Waals surface area contributed by atoms with Gasteiger partial charge >= 0.3 is 10.3 Å². The molecule has 1 spiro atoms. The number of hydrogen-bond acceptors (Lipinski definition) is 5. The van der Waals surface area contributed by atoms with Gasteiger partial charge in [-0.1, -0.05) is 29.3 Å². The number of benzene rings is 1. The predicted molar refractivity (Wildman–Crippen MR) is 85.4 cm³/mol. The molecule has 0 bridgehead atoms. The highest BCUT2D eigenvalue weighted by atomic mass is 35.5. The highest BCUT2D eigenvalue weighted by Crippen LogP contribution is 2.48. The van der Waals surface area contributed by atoms with Gasteiger partial charge in [0.25, 0.3) is 0 Å². The molecular formula is C14H17Cl2NO5S. The Hall–Kier alpha value is -0.410. The molecule has 2 atom stereocenters. The Morgan fingerprint density at radius 3 is 2.57 bits per heavy atom. The summed E-state index contributed by atoms with van der Waals surface area (Å²) in [6.07, 6.45) is 2.32. The van der Waals surface area contributed by atoms with E-state index in [1.807, 2.05) is 0 Å². The minimum Gasteiger partial charge on any atom is -0.341 e. The van der Waals surface area contributed by atoms with Crippen molar-refractivity contribution in [3.05, 3.63) is 33.8 Å². The molecule has 0 radical (unpaired) electrons. The summed E-state index contributed by atoms with van der Waals surface area (Å²) in [5.74, 6) is -0.708. The summed E-state index contributed by atoms with van der Waals surface area (Å²) in [5, 5.41) is 5.84. The van der Waals surface area contributed by atoms with Crippen molar-refractivity contribution < 1.29 is 22.1 Å². The summed E-state index contributed by atoms with van der Waals surface area (Å²) >= 11 is 12.2. The minimum atomic E-state index is -4.06. The van der Waals surface area contributed by atoms with Gasteiger partial charge in [0, 0.05) is 28.5 Å². The molecule has 1 saturated carbocycles. The zero-order chi connectivity index (χ0) is 16.7. The van der Waals surface area contributed by atoms with Crippen molar-refractivity contribution in [2.45, 2.75) is 43.7 Å². The van der Waals surface area contributed by atoms with Crippen LogP contribution in [0.5, 0.6) is 0 Å². The number of nitrogens with two attached hydrogens (primary N) is 1. The third-order valence-electron chi connectivity index (χ3n) is 4.08. The average Bonchev–Trinajstić information content (AvgIpc) is 3.04. The zero-order valence-electron chi connectivity index (χ0n) is 12.2. The molecule has 1 saturated heterocycles. The van der Waals surface area contributed by atoms with E-state index in [2.05, 4.69) is 0 Å². The first-order valence-corrected chi connectivity index (χ1v) is 9.48. The number of halogens is 2. The molecule has 6 nitrogen and oxygen atoms in total. The fourth-order valence-corrected chi connectivity index (χ4v) is 3.94. The molecule has 0 aromatic heterocycles. The summed E-state index contributed by atoms with van der Waals surface area (Å²) < 4.78 is 39.0. The molecule has 1 aromatic rings. The first kappa shape index (κ1) is 17.4. The molecule has 1 aromatic carbocycles. The molecule has 2 fully saturated rings. The van der Waals surface area contributed by atoms with Crippen LogP contribution in [0, 0.1) is 0 Å². The van der Waals surface area contributed by atoms with E-state index in [1.54, 1.807) is 18.2 Å². The van der Waals surface area contributed by atoms with Crippen LogP contribution in [-0.4, -0.2) is 26.9 Å². The van der Waals surface area contributed by atoms with Crippen molar-refractivity contribution in [2.75, 3.05) is 6.61 Å². The number of ether oxygens (including phenoxy) is 2. The quantitative estimate of drug-likeness (QED) is 0.865. The van der Waals surface area contributed by atoms with Crippen LogP contribution in [-0.2, 0) is 24.0 Å². The van der Waals surface area contributed by atoms with Crippen LogP contribution in [0.1, 0.15) is 37.4 Å². The van der Waals surface area contributed by atoms with Crippen molar-refractivity contribution in [3.8, 4) is 0 Å². The number of hydrogen-bond donors (Lipinski definition) is 1. The summed E-state index contributed by atoms with van der Waals surface area (Å²) in [6, 6.07) is 5.05. The van der Waals surface area contributed by atoms with Gasteiger partial charge in [-0.15, -0.1) is 0 Å². The molecule has 9 heteroatoms. The Bertz CT molecular complexity index is 690. The standard InChI is InChI=1S/C14H17Cl2NO5S/c15-9-3-4-10(11(16)7-9)13-12(8-20-23(17,18)19)21-14(22-13)5-1-2-6-14/h3-4,7,12-13H,1-2,5-6,8H2,(H2,17,18,19)/t12-,13-/m1/s1. The lowest BCUT2D eigenvalue weighted by atomic mass is 10.1. The lowest BCUT2D eigenvalue weighted by molar-refractivity contribution is -0.171. The van der Waals surface area contributed by atoms with Crippen LogP contribution in [0.15, 0.2) is 18.2 Å². The van der Waals surface area contributed by atoms with E-state index in [0.717, 1.165) is 25.7 Å². The van der Waals surface area contributed by atoms with Crippen LogP contribution in [0.3, 0.4) is 0 Å². The summed E-state index contributed by atoms with van der Waals surface area (Å²) in [7, 11) is -4.06. The minimum absolute atomic E-state index is 0.232. The Balaban J connectivity index is 1.87. The molecule has 2 N–H and O–H groups in total. The lowest BCUT2D eigenvalue weighted by Crippen LogP contribution is -2.29. The molecule has 1 aliphatic carbocycles. The Kier molecular flexibility index (Phi) is 4.90. The van der Waals surface area contributed by atoms with Gasteiger partial charge in [-0.05, 0) is 25.0 Å². The van der Waals surface area contributed by atoms with E-state index in [4.69, 9.17) is 42.0 Å². The first-order chi connectivity index (χ1) is 10.8. The maximum atomic E-state index is 11.1. The van der Waals surface area contributed by atoms with Gasteiger partial charge in [-0.25, -0.2) is 5.14 Å². The third-order valence-corrected chi connectivity index (χ3v) is 5.10. The predicted octanol–water partition coefficient (Wildman–Crippen LogP) is 2.94. The lowest BCUT2D eigenvalue weighted by Gasteiger charge is -2.22. The van der Waals surface area contributed by atoms with Crippen molar-refractivity contribution >= 4 is 33.5 Å². The average molecular weight is 382 g/mol. The van der Waals surface area contributed by atoms with Crippen LogP contribution >= 0.6 is 23.2 Å². The van der Waals surface area contributed by atoms with Gasteiger partial charge in [-0.2, -0.15) is 8.42 Å². The highest BCUT2D eigenvalue weighted by molar-refractivity contribution is 7.84. The molecule has 1 heterocycles. The van der Waals surface area contributed by atoms with E-state index >= 15 is 0 Å². The topological polar surface area (TPSA) is 87.9 Å². The second-order valence-corrected chi connectivity index (χ2v) is 7.82. The Morgan fingerprint density at radius 1 is 1.26 bits per heavy atom. The summed E-state index contributed by atoms with van der Waals surface area (Å²) in [4.78, 5) is 0. The van der Waals surface area contributed by atoms with E-state index in [-0.39, 0.29) is 6.61 Å². The third kappa shape index (κ3) is 3.99. The van der Waals surface area contributed by atoms with E-state index < -0.39 is 28.3 Å². The second-order valence-electron chi connectivity index (χ2n) is 5.76. The van der Waals surface area contributed by atoms with E-state index in [0.29, 0.717) is 15.6 Å². The Morgan fingerprint density at radius 2 is 1.96 bits per heavy atom. The molecule has 0 unspecified atom stereocenters. The van der Waals surface area contributed by atoms with Crippen molar-refractivity contribution in [3.63, 3.8) is 0 Å². The van der Waals surface area contributed by atoms with Crippen molar-refractivity contribution in [1.29, 1.82) is 0 Å². The van der Waals surface area contributed by atoms with Gasteiger partial charge in [-0.3, -0.25) is 4.18 Å². The number of rotatable bonds is 4. The summed E-state index contributed by atoms with van der Waals surface area (Å²) in [6.45, 7) is -0.232. The fourth-order valence-electron chi connectivity index (χ4n) is 3.10. The SMILES string of the molecule is NS(=O)(=O)OC[C@H]1OC2(CCCC2)O[C@@H]1c1ccc(Cl)cc1Cl. The molecule has 3 rings (SSSR count). The molecule has 0 amide bonds. The van der Waals surface area contributed by atoms with Crippen molar-refractivity contribution in [2.24, 2.45) is 5.14 Å². The molecule has 128 valence electrons. The molecule has 23 heavy (non-hydrogen) atoms. The van der Waals surface area contributed by atoms with Crippen LogP contribution in [0.2, 0.25) is 10.0 Å². The maximum absolute atomic E-state index is 11.1. The van der Waals surface area contributed by atoms with Gasteiger partial charge in [0.15, 0.2) is 5.79 Å². The molecular weight excluding hydrogens is 365 g/mol. The van der Waals surface area contributed by atoms with Crippen LogP contribution in [0.25, 0.3) is 0 Å². The zero-order valence-corrected chi connectivity index (χ0v) is 14.5. The van der Waals surface area contributed by atoms with E-state index in [9.17, 15) is 8.42 Å². The molecule has 2 aliphatic rings.